The van der Waals surface area contributed by atoms with E-state index in [1.54, 1.807) is 28.5 Å². The number of aromatic nitrogens is 6. The van der Waals surface area contributed by atoms with E-state index >= 15 is 0 Å². The van der Waals surface area contributed by atoms with Gasteiger partial charge in [0.2, 0.25) is 0 Å². The predicted molar refractivity (Wildman–Crippen MR) is 134 cm³/mol. The molecule has 0 spiro atoms. The molecule has 1 atom stereocenters. The van der Waals surface area contributed by atoms with Crippen LogP contribution in [0, 0.1) is 5.82 Å². The Morgan fingerprint density at radius 3 is 2.58 bits per heavy atom. The normalized spacial score (nSPS) is 14.8. The fourth-order valence-corrected chi connectivity index (χ4v) is 4.84. The number of benzene rings is 2. The average molecular weight is 486 g/mol. The molecule has 6 rings (SSSR count). The molecular formula is C26H24FN7O2. The Balaban J connectivity index is 1.59. The van der Waals surface area contributed by atoms with Crippen molar-refractivity contribution in [3.63, 3.8) is 0 Å². The Hall–Kier alpha value is -4.34. The van der Waals surface area contributed by atoms with Crippen LogP contribution in [0.3, 0.4) is 0 Å². The van der Waals surface area contributed by atoms with Gasteiger partial charge in [0.25, 0.3) is 5.56 Å². The smallest absolute Gasteiger partial charge is 0.264 e. The number of anilines is 1. The molecule has 1 saturated carbocycles. The molecule has 1 aliphatic rings. The quantitative estimate of drug-likeness (QED) is 0.395. The maximum absolute atomic E-state index is 14.7. The highest BCUT2D eigenvalue weighted by Crippen LogP contribution is 2.36. The number of halogens is 1. The van der Waals surface area contributed by atoms with Gasteiger partial charge in [0, 0.05) is 11.6 Å². The van der Waals surface area contributed by atoms with E-state index in [4.69, 9.17) is 20.6 Å². The Labute approximate surface area is 205 Å². The van der Waals surface area contributed by atoms with Crippen LogP contribution in [0.15, 0.2) is 53.6 Å². The lowest BCUT2D eigenvalue weighted by atomic mass is 9.92. The number of nitrogens with zero attached hydrogens (tertiary/aromatic N) is 6. The van der Waals surface area contributed by atoms with Crippen LogP contribution in [0.2, 0.25) is 0 Å². The molecule has 36 heavy (non-hydrogen) atoms. The fraction of sp³-hybridized carbons (Fsp3) is 0.269. The minimum Gasteiger partial charge on any atom is -0.497 e. The first-order chi connectivity index (χ1) is 17.5. The number of ether oxygens (including phenoxy) is 1. The van der Waals surface area contributed by atoms with Crippen molar-refractivity contribution in [3.05, 3.63) is 70.8 Å². The van der Waals surface area contributed by atoms with Crippen LogP contribution in [0.25, 0.3) is 33.2 Å². The summed E-state index contributed by atoms with van der Waals surface area (Å²) in [6.45, 7) is 1.91. The van der Waals surface area contributed by atoms with E-state index in [1.165, 1.54) is 12.4 Å². The number of rotatable bonds is 5. The van der Waals surface area contributed by atoms with Crippen molar-refractivity contribution in [2.24, 2.45) is 0 Å². The molecule has 3 heterocycles. The highest BCUT2D eigenvalue weighted by atomic mass is 19.1. The van der Waals surface area contributed by atoms with E-state index < -0.39 is 11.9 Å². The molecule has 10 heteroatoms. The molecule has 0 amide bonds. The first-order valence-corrected chi connectivity index (χ1v) is 11.8. The molecule has 2 N–H and O–H groups in total. The Morgan fingerprint density at radius 1 is 1.11 bits per heavy atom. The van der Waals surface area contributed by atoms with Crippen molar-refractivity contribution in [3.8, 4) is 17.0 Å². The van der Waals surface area contributed by atoms with Crippen LogP contribution in [0.1, 0.15) is 44.1 Å². The first-order valence-electron chi connectivity index (χ1n) is 11.8. The van der Waals surface area contributed by atoms with Crippen LogP contribution in [-0.4, -0.2) is 36.4 Å². The number of nitrogens with two attached hydrogens (primary N) is 1. The van der Waals surface area contributed by atoms with Gasteiger partial charge in [0.1, 0.15) is 46.7 Å². The van der Waals surface area contributed by atoms with Gasteiger partial charge in [-0.2, -0.15) is 5.10 Å². The van der Waals surface area contributed by atoms with Gasteiger partial charge >= 0.3 is 0 Å². The summed E-state index contributed by atoms with van der Waals surface area (Å²) >= 11 is 0. The van der Waals surface area contributed by atoms with Crippen LogP contribution in [0.4, 0.5) is 10.2 Å². The zero-order valence-electron chi connectivity index (χ0n) is 19.8. The molecule has 2 aromatic carbocycles. The minimum absolute atomic E-state index is 0.0103. The molecule has 1 unspecified atom stereocenters. The second-order valence-electron chi connectivity index (χ2n) is 9.02. The molecule has 3 aromatic heterocycles. The van der Waals surface area contributed by atoms with Gasteiger partial charge in [-0.15, -0.1) is 0 Å². The zero-order chi connectivity index (χ0) is 25.0. The molecule has 0 radical (unpaired) electrons. The van der Waals surface area contributed by atoms with Gasteiger partial charge in [0.15, 0.2) is 5.65 Å². The highest BCUT2D eigenvalue weighted by molar-refractivity contribution is 5.98. The SMILES string of the molecule is COc1ccc(-c2nn(C(C)c3nc4cccc(F)c4c(=O)n3C3CCC3)c3ncnc(N)c23)cc1. The van der Waals surface area contributed by atoms with Gasteiger partial charge < -0.3 is 10.5 Å². The summed E-state index contributed by atoms with van der Waals surface area (Å²) < 4.78 is 23.3. The predicted octanol–water partition coefficient (Wildman–Crippen LogP) is 4.27. The third-order valence-corrected chi connectivity index (χ3v) is 6.97. The largest absolute Gasteiger partial charge is 0.497 e. The Morgan fingerprint density at radius 2 is 1.89 bits per heavy atom. The number of methoxy groups -OCH3 is 1. The first kappa shape index (κ1) is 22.1. The molecular weight excluding hydrogens is 461 g/mol. The van der Waals surface area contributed by atoms with Crippen LogP contribution in [0.5, 0.6) is 5.75 Å². The average Bonchev–Trinajstić information content (AvgIpc) is 3.25. The van der Waals surface area contributed by atoms with E-state index in [0.29, 0.717) is 33.9 Å². The summed E-state index contributed by atoms with van der Waals surface area (Å²) in [5.41, 5.74) is 8.19. The zero-order valence-corrected chi connectivity index (χ0v) is 19.8. The van der Waals surface area contributed by atoms with Gasteiger partial charge in [-0.25, -0.2) is 24.0 Å². The number of hydrogen-bond donors (Lipinski definition) is 1. The molecule has 0 aliphatic heterocycles. The molecule has 182 valence electrons. The molecule has 0 saturated heterocycles. The van der Waals surface area contributed by atoms with Crippen LogP contribution >= 0.6 is 0 Å². The van der Waals surface area contributed by atoms with E-state index in [0.717, 1.165) is 30.6 Å². The standard InChI is InChI=1S/C26H24FN7O2/c1-14(24-31-19-8-4-7-18(27)20(19)26(35)33(24)16-5-3-6-16)34-25-21(23(28)29-13-30-25)22(32-34)15-9-11-17(36-2)12-10-15/h4,7-14,16H,3,5-6H2,1-2H3,(H2,28,29,30). The molecule has 0 bridgehead atoms. The van der Waals surface area contributed by atoms with Crippen molar-refractivity contribution in [2.75, 3.05) is 12.8 Å². The number of hydrogen-bond acceptors (Lipinski definition) is 7. The Kier molecular flexibility index (Phi) is 5.17. The second-order valence-corrected chi connectivity index (χ2v) is 9.02. The third-order valence-electron chi connectivity index (χ3n) is 6.97. The summed E-state index contributed by atoms with van der Waals surface area (Å²) in [5.74, 6) is 0.959. The van der Waals surface area contributed by atoms with E-state index in [2.05, 4.69) is 9.97 Å². The van der Waals surface area contributed by atoms with Crippen LogP contribution in [-0.2, 0) is 0 Å². The van der Waals surface area contributed by atoms with E-state index in [1.807, 2.05) is 31.2 Å². The van der Waals surface area contributed by atoms with Crippen molar-refractivity contribution in [1.29, 1.82) is 0 Å². The molecule has 9 nitrogen and oxygen atoms in total. The lowest BCUT2D eigenvalue weighted by Gasteiger charge is -2.31. The maximum Gasteiger partial charge on any atom is 0.264 e. The van der Waals surface area contributed by atoms with E-state index in [-0.39, 0.29) is 17.0 Å². The van der Waals surface area contributed by atoms with Crippen molar-refractivity contribution >= 4 is 27.8 Å². The summed E-state index contributed by atoms with van der Waals surface area (Å²) in [4.78, 5) is 27.0. The maximum atomic E-state index is 14.7. The highest BCUT2D eigenvalue weighted by Gasteiger charge is 2.30. The molecule has 5 aromatic rings. The lowest BCUT2D eigenvalue weighted by Crippen LogP contribution is -2.35. The fourth-order valence-electron chi connectivity index (χ4n) is 4.84. The van der Waals surface area contributed by atoms with Crippen LogP contribution < -0.4 is 16.0 Å². The topological polar surface area (TPSA) is 114 Å². The second kappa shape index (κ2) is 8.40. The Bertz CT molecular complexity index is 1670. The minimum atomic E-state index is -0.566. The lowest BCUT2D eigenvalue weighted by molar-refractivity contribution is 0.288. The van der Waals surface area contributed by atoms with Crippen molar-refractivity contribution in [1.82, 2.24) is 29.3 Å². The summed E-state index contributed by atoms with van der Waals surface area (Å²) in [5, 5.41) is 5.51. The van der Waals surface area contributed by atoms with Gasteiger partial charge in [-0.05, 0) is 62.6 Å². The van der Waals surface area contributed by atoms with Crippen molar-refractivity contribution in [2.45, 2.75) is 38.3 Å². The van der Waals surface area contributed by atoms with Gasteiger partial charge in [-0.3, -0.25) is 9.36 Å². The summed E-state index contributed by atoms with van der Waals surface area (Å²) in [6, 6.07) is 11.5. The van der Waals surface area contributed by atoms with Crippen molar-refractivity contribution < 1.29 is 9.13 Å². The number of nitrogen functional groups attached to an aromatic ring is 1. The van der Waals surface area contributed by atoms with Gasteiger partial charge in [-0.1, -0.05) is 6.07 Å². The summed E-state index contributed by atoms with van der Waals surface area (Å²) in [6.07, 6.45) is 4.08. The molecule has 1 fully saturated rings. The van der Waals surface area contributed by atoms with Gasteiger partial charge in [0.05, 0.1) is 18.0 Å². The monoisotopic (exact) mass is 485 g/mol. The molecule has 1 aliphatic carbocycles. The number of fused-ring (bicyclic) bond motifs is 2. The summed E-state index contributed by atoms with van der Waals surface area (Å²) in [7, 11) is 1.61. The van der Waals surface area contributed by atoms with E-state index in [9.17, 15) is 9.18 Å². The third kappa shape index (κ3) is 3.32.